The molecule has 1 aliphatic heterocycles. The van der Waals surface area contributed by atoms with Gasteiger partial charge in [0.15, 0.2) is 0 Å². The van der Waals surface area contributed by atoms with Crippen LogP contribution >= 0.6 is 0 Å². The molecule has 0 aromatic heterocycles. The minimum Gasteiger partial charge on any atom is -0.383 e. The van der Waals surface area contributed by atoms with Crippen molar-refractivity contribution in [2.45, 2.75) is 18.9 Å². The van der Waals surface area contributed by atoms with E-state index in [1.165, 1.54) is 35.8 Å². The second kappa shape index (κ2) is 4.76. The van der Waals surface area contributed by atoms with Crippen LogP contribution in [-0.2, 0) is 0 Å². The fourth-order valence-electron chi connectivity index (χ4n) is 2.47. The van der Waals surface area contributed by atoms with E-state index >= 15 is 0 Å². The molecule has 2 aromatic carbocycles. The number of nitrogens with one attached hydrogen (secondary N) is 2. The minimum absolute atomic E-state index is 0.640. The van der Waals surface area contributed by atoms with Crippen LogP contribution in [0.5, 0.6) is 0 Å². The summed E-state index contributed by atoms with van der Waals surface area (Å²) in [5.41, 5.74) is 1.22. The van der Waals surface area contributed by atoms with E-state index in [1.54, 1.807) is 0 Å². The molecule has 0 spiro atoms. The van der Waals surface area contributed by atoms with Gasteiger partial charge in [-0.1, -0.05) is 30.3 Å². The Morgan fingerprint density at radius 3 is 2.82 bits per heavy atom. The Labute approximate surface area is 102 Å². The lowest BCUT2D eigenvalue weighted by Gasteiger charge is -2.13. The van der Waals surface area contributed by atoms with E-state index in [0.29, 0.717) is 6.04 Å². The molecule has 3 rings (SSSR count). The Morgan fingerprint density at radius 2 is 2.00 bits per heavy atom. The summed E-state index contributed by atoms with van der Waals surface area (Å²) in [5, 5.41) is 9.62. The Morgan fingerprint density at radius 1 is 1.12 bits per heavy atom. The van der Waals surface area contributed by atoms with Crippen LogP contribution in [0.2, 0.25) is 0 Å². The van der Waals surface area contributed by atoms with E-state index < -0.39 is 0 Å². The van der Waals surface area contributed by atoms with Gasteiger partial charge in [0.05, 0.1) is 0 Å². The van der Waals surface area contributed by atoms with Gasteiger partial charge in [0, 0.05) is 18.3 Å². The van der Waals surface area contributed by atoms with Gasteiger partial charge in [-0.3, -0.25) is 0 Å². The molecule has 1 unspecified atom stereocenters. The summed E-state index contributed by atoms with van der Waals surface area (Å²) < 4.78 is 0. The Hall–Kier alpha value is -1.54. The molecule has 1 atom stereocenters. The maximum atomic E-state index is 3.52. The van der Waals surface area contributed by atoms with Gasteiger partial charge in [0.25, 0.3) is 0 Å². The average Bonchev–Trinajstić information content (AvgIpc) is 2.89. The van der Waals surface area contributed by atoms with Gasteiger partial charge < -0.3 is 10.6 Å². The van der Waals surface area contributed by atoms with Gasteiger partial charge in [-0.25, -0.2) is 0 Å². The molecule has 0 saturated carbocycles. The van der Waals surface area contributed by atoms with Crippen molar-refractivity contribution >= 4 is 16.5 Å². The first-order valence-electron chi connectivity index (χ1n) is 6.38. The van der Waals surface area contributed by atoms with Gasteiger partial charge in [-0.15, -0.1) is 0 Å². The molecule has 88 valence electrons. The van der Waals surface area contributed by atoms with Crippen LogP contribution < -0.4 is 10.6 Å². The first-order chi connectivity index (χ1) is 8.42. The highest BCUT2D eigenvalue weighted by molar-refractivity contribution is 5.85. The SMILES string of the molecule is c1ccc2cc(NCC3CCCN3)ccc2c1. The zero-order chi connectivity index (χ0) is 11.5. The van der Waals surface area contributed by atoms with Crippen LogP contribution in [0, 0.1) is 0 Å². The van der Waals surface area contributed by atoms with Gasteiger partial charge in [-0.2, -0.15) is 0 Å². The van der Waals surface area contributed by atoms with Crippen molar-refractivity contribution in [2.75, 3.05) is 18.4 Å². The maximum Gasteiger partial charge on any atom is 0.0347 e. The lowest BCUT2D eigenvalue weighted by molar-refractivity contribution is 0.633. The summed E-state index contributed by atoms with van der Waals surface area (Å²) in [4.78, 5) is 0. The third-order valence-corrected chi connectivity index (χ3v) is 3.46. The summed E-state index contributed by atoms with van der Waals surface area (Å²) in [6, 6.07) is 15.7. The molecule has 1 heterocycles. The molecule has 2 heteroatoms. The monoisotopic (exact) mass is 226 g/mol. The number of hydrogen-bond donors (Lipinski definition) is 2. The van der Waals surface area contributed by atoms with Gasteiger partial charge in [-0.05, 0) is 42.3 Å². The Kier molecular flexibility index (Phi) is 2.97. The van der Waals surface area contributed by atoms with E-state index in [2.05, 4.69) is 53.1 Å². The summed E-state index contributed by atoms with van der Waals surface area (Å²) in [6.45, 7) is 2.20. The quantitative estimate of drug-likeness (QED) is 0.840. The fourth-order valence-corrected chi connectivity index (χ4v) is 2.47. The Bertz CT molecular complexity index is 501. The van der Waals surface area contributed by atoms with Crippen LogP contribution in [-0.4, -0.2) is 19.1 Å². The second-order valence-electron chi connectivity index (χ2n) is 4.74. The van der Waals surface area contributed by atoms with Gasteiger partial charge in [0.2, 0.25) is 0 Å². The number of anilines is 1. The topological polar surface area (TPSA) is 24.1 Å². The third-order valence-electron chi connectivity index (χ3n) is 3.46. The first-order valence-corrected chi connectivity index (χ1v) is 6.38. The van der Waals surface area contributed by atoms with E-state index in [-0.39, 0.29) is 0 Å². The summed E-state index contributed by atoms with van der Waals surface area (Å²) in [6.07, 6.45) is 2.60. The maximum absolute atomic E-state index is 3.52. The zero-order valence-corrected chi connectivity index (χ0v) is 9.95. The number of fused-ring (bicyclic) bond motifs is 1. The first kappa shape index (κ1) is 10.6. The highest BCUT2D eigenvalue weighted by atomic mass is 15.0. The number of hydrogen-bond acceptors (Lipinski definition) is 2. The lowest BCUT2D eigenvalue weighted by atomic mass is 10.1. The Balaban J connectivity index is 1.72. The van der Waals surface area contributed by atoms with Crippen molar-refractivity contribution in [1.82, 2.24) is 5.32 Å². The molecular formula is C15H18N2. The van der Waals surface area contributed by atoms with E-state index in [4.69, 9.17) is 0 Å². The number of benzene rings is 2. The highest BCUT2D eigenvalue weighted by Crippen LogP contribution is 2.19. The summed E-state index contributed by atoms with van der Waals surface area (Å²) in [5.74, 6) is 0. The van der Waals surface area contributed by atoms with Crippen molar-refractivity contribution in [3.63, 3.8) is 0 Å². The molecule has 2 nitrogen and oxygen atoms in total. The van der Waals surface area contributed by atoms with Gasteiger partial charge >= 0.3 is 0 Å². The van der Waals surface area contributed by atoms with Crippen LogP contribution in [0.3, 0.4) is 0 Å². The second-order valence-corrected chi connectivity index (χ2v) is 4.74. The van der Waals surface area contributed by atoms with Crippen LogP contribution in [0.1, 0.15) is 12.8 Å². The highest BCUT2D eigenvalue weighted by Gasteiger charge is 2.12. The zero-order valence-electron chi connectivity index (χ0n) is 9.95. The summed E-state index contributed by atoms with van der Waals surface area (Å²) >= 11 is 0. The molecule has 1 fully saturated rings. The molecule has 17 heavy (non-hydrogen) atoms. The molecule has 0 aliphatic carbocycles. The number of rotatable bonds is 3. The molecular weight excluding hydrogens is 208 g/mol. The lowest BCUT2D eigenvalue weighted by Crippen LogP contribution is -2.29. The van der Waals surface area contributed by atoms with Gasteiger partial charge in [0.1, 0.15) is 0 Å². The van der Waals surface area contributed by atoms with E-state index in [1.807, 2.05) is 0 Å². The van der Waals surface area contributed by atoms with E-state index in [9.17, 15) is 0 Å². The molecule has 2 aromatic rings. The smallest absolute Gasteiger partial charge is 0.0347 e. The standard InChI is InChI=1S/C15H18N2/c1-2-5-13-10-14(8-7-12(13)4-1)17-11-15-6-3-9-16-15/h1-2,4-5,7-8,10,15-17H,3,6,9,11H2. The van der Waals surface area contributed by atoms with Crippen molar-refractivity contribution in [2.24, 2.45) is 0 Å². The normalized spacial score (nSPS) is 19.6. The fraction of sp³-hybridized carbons (Fsp3) is 0.333. The molecule has 0 bridgehead atoms. The van der Waals surface area contributed by atoms with Crippen molar-refractivity contribution in [3.05, 3.63) is 42.5 Å². The molecule has 1 saturated heterocycles. The molecule has 0 radical (unpaired) electrons. The molecule has 1 aliphatic rings. The third kappa shape index (κ3) is 2.42. The van der Waals surface area contributed by atoms with Crippen molar-refractivity contribution < 1.29 is 0 Å². The van der Waals surface area contributed by atoms with Crippen molar-refractivity contribution in [3.8, 4) is 0 Å². The van der Waals surface area contributed by atoms with Crippen LogP contribution in [0.25, 0.3) is 10.8 Å². The largest absolute Gasteiger partial charge is 0.383 e. The van der Waals surface area contributed by atoms with Crippen LogP contribution in [0.4, 0.5) is 5.69 Å². The average molecular weight is 226 g/mol. The predicted molar refractivity (Wildman–Crippen MR) is 73.5 cm³/mol. The molecule has 2 N–H and O–H groups in total. The summed E-state index contributed by atoms with van der Waals surface area (Å²) in [7, 11) is 0. The van der Waals surface area contributed by atoms with Crippen molar-refractivity contribution in [1.29, 1.82) is 0 Å². The molecule has 0 amide bonds. The van der Waals surface area contributed by atoms with E-state index in [0.717, 1.165) is 6.54 Å². The minimum atomic E-state index is 0.640. The predicted octanol–water partition coefficient (Wildman–Crippen LogP) is 3.00. The van der Waals surface area contributed by atoms with Crippen LogP contribution in [0.15, 0.2) is 42.5 Å².